The van der Waals surface area contributed by atoms with Gasteiger partial charge in [-0.1, -0.05) is 11.8 Å². The number of esters is 2. The van der Waals surface area contributed by atoms with Crippen LogP contribution in [-0.4, -0.2) is 11.9 Å². The Bertz CT molecular complexity index is 275. The molecule has 3 nitrogen and oxygen atoms in total. The first-order valence-electron chi connectivity index (χ1n) is 3.73. The fraction of sp³-hybridized carbons (Fsp3) is 0.400. The van der Waals surface area contributed by atoms with Gasteiger partial charge in [0.05, 0.1) is 0 Å². The van der Waals surface area contributed by atoms with Crippen molar-refractivity contribution in [2.75, 3.05) is 0 Å². The molecule has 0 aromatic carbocycles. The third-order valence-electron chi connectivity index (χ3n) is 1.05. The minimum Gasteiger partial charge on any atom is -0.392 e. The van der Waals surface area contributed by atoms with Crippen molar-refractivity contribution in [2.24, 2.45) is 0 Å². The predicted octanol–water partition coefficient (Wildman–Crippen LogP) is 0.883. The highest BCUT2D eigenvalue weighted by atomic mass is 16.6. The maximum atomic E-state index is 10.8. The van der Waals surface area contributed by atoms with Crippen molar-refractivity contribution in [3.05, 3.63) is 0 Å². The number of rotatable bonds is 2. The largest absolute Gasteiger partial charge is 0.392 e. The monoisotopic (exact) mass is 178 g/mol. The van der Waals surface area contributed by atoms with Crippen LogP contribution in [0, 0.1) is 23.7 Å². The quantitative estimate of drug-likeness (QED) is 0.358. The highest BCUT2D eigenvalue weighted by Gasteiger charge is 2.06. The molecule has 13 heavy (non-hydrogen) atoms. The second kappa shape index (κ2) is 6.94. The summed E-state index contributed by atoms with van der Waals surface area (Å²) in [4.78, 5) is 21.6. The molecule has 0 aliphatic rings. The molecule has 0 saturated heterocycles. The molecule has 0 rings (SSSR count). The van der Waals surface area contributed by atoms with Crippen molar-refractivity contribution in [2.45, 2.75) is 26.7 Å². The topological polar surface area (TPSA) is 43.4 Å². The molecule has 0 amide bonds. The van der Waals surface area contributed by atoms with E-state index in [-0.39, 0.29) is 12.8 Å². The van der Waals surface area contributed by atoms with Gasteiger partial charge in [0.2, 0.25) is 0 Å². The predicted molar refractivity (Wildman–Crippen MR) is 47.2 cm³/mol. The van der Waals surface area contributed by atoms with Crippen LogP contribution in [0.25, 0.3) is 0 Å². The Morgan fingerprint density at radius 3 is 1.69 bits per heavy atom. The van der Waals surface area contributed by atoms with Crippen molar-refractivity contribution in [1.82, 2.24) is 0 Å². The zero-order valence-electron chi connectivity index (χ0n) is 7.64. The Hall–Kier alpha value is -1.74. The number of ether oxygens (including phenoxy) is 1. The first-order valence-corrected chi connectivity index (χ1v) is 3.73. The first-order chi connectivity index (χ1) is 6.20. The Morgan fingerprint density at radius 1 is 1.00 bits per heavy atom. The van der Waals surface area contributed by atoms with Crippen molar-refractivity contribution in [3.63, 3.8) is 0 Å². The number of carbonyl (C=O) groups excluding carboxylic acids is 2. The number of hydrogen-bond donors (Lipinski definition) is 0. The molecule has 0 spiro atoms. The van der Waals surface area contributed by atoms with Crippen molar-refractivity contribution in [3.8, 4) is 23.7 Å². The van der Waals surface area contributed by atoms with E-state index in [2.05, 4.69) is 28.4 Å². The molecule has 0 fully saturated rings. The summed E-state index contributed by atoms with van der Waals surface area (Å²) in [5, 5.41) is 0. The first kappa shape index (κ1) is 11.3. The van der Waals surface area contributed by atoms with Gasteiger partial charge in [-0.25, -0.2) is 0 Å². The van der Waals surface area contributed by atoms with Gasteiger partial charge in [-0.05, 0) is 13.8 Å². The van der Waals surface area contributed by atoms with E-state index in [4.69, 9.17) is 0 Å². The zero-order valence-corrected chi connectivity index (χ0v) is 7.64. The lowest BCUT2D eigenvalue weighted by molar-refractivity contribution is -0.158. The van der Waals surface area contributed by atoms with Crippen LogP contribution < -0.4 is 0 Å². The lowest BCUT2D eigenvalue weighted by Crippen LogP contribution is -2.10. The summed E-state index contributed by atoms with van der Waals surface area (Å²) in [5.41, 5.74) is 0. The maximum absolute atomic E-state index is 10.8. The third-order valence-corrected chi connectivity index (χ3v) is 1.05. The summed E-state index contributed by atoms with van der Waals surface area (Å²) < 4.78 is 4.37. The van der Waals surface area contributed by atoms with Gasteiger partial charge in [0.25, 0.3) is 0 Å². The van der Waals surface area contributed by atoms with Gasteiger partial charge in [-0.3, -0.25) is 9.59 Å². The summed E-state index contributed by atoms with van der Waals surface area (Å²) in [6, 6.07) is 0. The van der Waals surface area contributed by atoms with Crippen LogP contribution in [0.5, 0.6) is 0 Å². The molecule has 0 bridgehead atoms. The van der Waals surface area contributed by atoms with E-state index in [0.717, 1.165) is 0 Å². The standard InChI is InChI=1S/C10H10O3/c1-3-5-7-9(11)13-10(12)8-6-4-2/h7-8H2,1-2H3. The van der Waals surface area contributed by atoms with Gasteiger partial charge >= 0.3 is 11.9 Å². The molecule has 68 valence electrons. The molecule has 0 atom stereocenters. The van der Waals surface area contributed by atoms with Gasteiger partial charge in [0, 0.05) is 0 Å². The van der Waals surface area contributed by atoms with E-state index >= 15 is 0 Å². The fourth-order valence-electron chi connectivity index (χ4n) is 0.520. The summed E-state index contributed by atoms with van der Waals surface area (Å²) in [6.07, 6.45) is -0.108. The van der Waals surface area contributed by atoms with E-state index in [9.17, 15) is 9.59 Å². The summed E-state index contributed by atoms with van der Waals surface area (Å²) in [7, 11) is 0. The average Bonchev–Trinajstić information content (AvgIpc) is 2.11. The van der Waals surface area contributed by atoms with Crippen LogP contribution in [0.4, 0.5) is 0 Å². The van der Waals surface area contributed by atoms with E-state index in [1.165, 1.54) is 0 Å². The van der Waals surface area contributed by atoms with Gasteiger partial charge in [0.15, 0.2) is 0 Å². The molecule has 0 radical (unpaired) electrons. The van der Waals surface area contributed by atoms with Gasteiger partial charge in [-0.2, -0.15) is 0 Å². The van der Waals surface area contributed by atoms with E-state index in [1.54, 1.807) is 13.8 Å². The Morgan fingerprint density at radius 2 is 1.38 bits per heavy atom. The minimum absolute atomic E-state index is 0.0538. The normalized spacial score (nSPS) is 7.23. The Kier molecular flexibility index (Phi) is 6.01. The second-order valence-electron chi connectivity index (χ2n) is 2.05. The maximum Gasteiger partial charge on any atom is 0.325 e. The van der Waals surface area contributed by atoms with Crippen LogP contribution in [0.1, 0.15) is 26.7 Å². The van der Waals surface area contributed by atoms with Crippen LogP contribution in [0.3, 0.4) is 0 Å². The zero-order chi connectivity index (χ0) is 10.1. The van der Waals surface area contributed by atoms with Crippen molar-refractivity contribution < 1.29 is 14.3 Å². The molecule has 0 unspecified atom stereocenters. The molecular weight excluding hydrogens is 168 g/mol. The molecule has 0 saturated carbocycles. The second-order valence-corrected chi connectivity index (χ2v) is 2.05. The number of carbonyl (C=O) groups is 2. The molecule has 0 aliphatic carbocycles. The molecular formula is C10H10O3. The van der Waals surface area contributed by atoms with Gasteiger partial charge < -0.3 is 4.74 Å². The van der Waals surface area contributed by atoms with E-state index in [1.807, 2.05) is 0 Å². The highest BCUT2D eigenvalue weighted by molar-refractivity contribution is 5.87. The van der Waals surface area contributed by atoms with E-state index < -0.39 is 11.9 Å². The lowest BCUT2D eigenvalue weighted by atomic mass is 10.4. The Labute approximate surface area is 77.5 Å². The smallest absolute Gasteiger partial charge is 0.325 e. The SMILES string of the molecule is CC#CCC(=O)OC(=O)CC#CC. The molecule has 3 heteroatoms. The molecule has 0 heterocycles. The van der Waals surface area contributed by atoms with Gasteiger partial charge in [-0.15, -0.1) is 11.8 Å². The third kappa shape index (κ3) is 6.65. The average molecular weight is 178 g/mol. The summed E-state index contributed by atoms with van der Waals surface area (Å²) in [6.45, 7) is 3.22. The van der Waals surface area contributed by atoms with Crippen LogP contribution in [0.15, 0.2) is 0 Å². The molecule has 0 aliphatic heterocycles. The van der Waals surface area contributed by atoms with Gasteiger partial charge in [0.1, 0.15) is 12.8 Å². The van der Waals surface area contributed by atoms with E-state index in [0.29, 0.717) is 0 Å². The summed E-state index contributed by atoms with van der Waals surface area (Å²) in [5.74, 6) is 8.79. The minimum atomic E-state index is -0.628. The van der Waals surface area contributed by atoms with Crippen LogP contribution in [-0.2, 0) is 14.3 Å². The fourth-order valence-corrected chi connectivity index (χ4v) is 0.520. The molecule has 0 aromatic rings. The molecule has 0 aromatic heterocycles. The Balaban J connectivity index is 3.80. The van der Waals surface area contributed by atoms with Crippen LogP contribution in [0.2, 0.25) is 0 Å². The van der Waals surface area contributed by atoms with Crippen LogP contribution >= 0.6 is 0 Å². The highest BCUT2D eigenvalue weighted by Crippen LogP contribution is 1.89. The summed E-state index contributed by atoms with van der Waals surface area (Å²) >= 11 is 0. The number of hydrogen-bond acceptors (Lipinski definition) is 3. The van der Waals surface area contributed by atoms with Crippen molar-refractivity contribution in [1.29, 1.82) is 0 Å². The lowest BCUT2D eigenvalue weighted by Gasteiger charge is -1.95. The van der Waals surface area contributed by atoms with Crippen molar-refractivity contribution >= 4 is 11.9 Å². The molecule has 0 N–H and O–H groups in total.